The van der Waals surface area contributed by atoms with Crippen molar-refractivity contribution in [3.63, 3.8) is 0 Å². The van der Waals surface area contributed by atoms with Crippen molar-refractivity contribution in [1.82, 2.24) is 9.97 Å². The highest BCUT2D eigenvalue weighted by Gasteiger charge is 2.04. The topological polar surface area (TPSA) is 70.1 Å². The molecule has 0 amide bonds. The zero-order chi connectivity index (χ0) is 16.2. The summed E-state index contributed by atoms with van der Waals surface area (Å²) in [4.78, 5) is 8.71. The molecule has 0 radical (unpaired) electrons. The number of benzene rings is 2. The third kappa shape index (κ3) is 4.11. The van der Waals surface area contributed by atoms with Crippen molar-refractivity contribution in [3.8, 4) is 5.75 Å². The number of nitrogens with zero attached hydrogens (tertiary/aromatic N) is 2. The van der Waals surface area contributed by atoms with Crippen molar-refractivity contribution >= 4 is 34.6 Å². The lowest BCUT2D eigenvalue weighted by molar-refractivity contribution is 0.475. The molecule has 116 valence electrons. The van der Waals surface area contributed by atoms with Crippen LogP contribution in [0.3, 0.4) is 0 Å². The van der Waals surface area contributed by atoms with E-state index in [9.17, 15) is 5.11 Å². The largest absolute Gasteiger partial charge is 0.508 e. The molecule has 3 N–H and O–H groups in total. The van der Waals surface area contributed by atoms with E-state index in [0.29, 0.717) is 22.5 Å². The monoisotopic (exact) mass is 326 g/mol. The van der Waals surface area contributed by atoms with Gasteiger partial charge in [0.25, 0.3) is 0 Å². The quantitative estimate of drug-likeness (QED) is 0.652. The Hall–Kier alpha value is -2.79. The normalized spacial score (nSPS) is 10.3. The summed E-state index contributed by atoms with van der Waals surface area (Å²) in [5, 5.41) is 16.5. The molecular weight excluding hydrogens is 312 g/mol. The predicted molar refractivity (Wildman–Crippen MR) is 92.9 cm³/mol. The summed E-state index contributed by atoms with van der Waals surface area (Å²) in [6.45, 7) is 1.82. The number of anilines is 4. The molecule has 0 atom stereocenters. The van der Waals surface area contributed by atoms with Gasteiger partial charge in [0.15, 0.2) is 0 Å². The minimum absolute atomic E-state index is 0.193. The first kappa shape index (κ1) is 15.1. The molecule has 1 aromatic heterocycles. The Morgan fingerprint density at radius 2 is 1.48 bits per heavy atom. The van der Waals surface area contributed by atoms with Gasteiger partial charge in [0, 0.05) is 28.5 Å². The van der Waals surface area contributed by atoms with E-state index in [1.54, 1.807) is 24.3 Å². The fourth-order valence-corrected chi connectivity index (χ4v) is 2.33. The number of aromatic nitrogens is 2. The highest BCUT2D eigenvalue weighted by atomic mass is 35.5. The number of aryl methyl sites for hydroxylation is 1. The van der Waals surface area contributed by atoms with Gasteiger partial charge in [-0.1, -0.05) is 23.7 Å². The van der Waals surface area contributed by atoms with Gasteiger partial charge in [-0.3, -0.25) is 0 Å². The van der Waals surface area contributed by atoms with Crippen LogP contribution < -0.4 is 10.6 Å². The second kappa shape index (κ2) is 6.54. The maximum atomic E-state index is 9.52. The average Bonchev–Trinajstić information content (AvgIpc) is 2.46. The molecule has 0 unspecified atom stereocenters. The molecule has 0 saturated carbocycles. The highest BCUT2D eigenvalue weighted by Crippen LogP contribution is 2.23. The van der Waals surface area contributed by atoms with E-state index in [0.717, 1.165) is 11.4 Å². The standard InChI is InChI=1S/C17H15ClN4O/c1-11-19-16(21-13-5-2-4-12(18)8-13)10-17(20-11)22-14-6-3-7-15(23)9-14/h2-10,23H,1H3,(H2,19,20,21,22). The van der Waals surface area contributed by atoms with Gasteiger partial charge in [0.2, 0.25) is 0 Å². The Morgan fingerprint density at radius 1 is 0.870 bits per heavy atom. The molecular formula is C17H15ClN4O. The van der Waals surface area contributed by atoms with Crippen LogP contribution in [-0.2, 0) is 0 Å². The molecule has 23 heavy (non-hydrogen) atoms. The molecule has 0 aliphatic rings. The third-order valence-corrected chi connectivity index (χ3v) is 3.29. The van der Waals surface area contributed by atoms with E-state index < -0.39 is 0 Å². The van der Waals surface area contributed by atoms with Gasteiger partial charge in [0.1, 0.15) is 23.2 Å². The van der Waals surface area contributed by atoms with Crippen LogP contribution in [0, 0.1) is 6.92 Å². The molecule has 5 nitrogen and oxygen atoms in total. The van der Waals surface area contributed by atoms with Gasteiger partial charge in [0.05, 0.1) is 0 Å². The maximum Gasteiger partial charge on any atom is 0.136 e. The molecule has 0 fully saturated rings. The Kier molecular flexibility index (Phi) is 4.30. The first-order chi connectivity index (χ1) is 11.1. The molecule has 0 spiro atoms. The maximum absolute atomic E-state index is 9.52. The van der Waals surface area contributed by atoms with Crippen LogP contribution >= 0.6 is 11.6 Å². The Bertz CT molecular complexity index is 773. The fourth-order valence-electron chi connectivity index (χ4n) is 2.14. The second-order valence-electron chi connectivity index (χ2n) is 5.00. The highest BCUT2D eigenvalue weighted by molar-refractivity contribution is 6.30. The summed E-state index contributed by atoms with van der Waals surface area (Å²) in [6.07, 6.45) is 0. The van der Waals surface area contributed by atoms with Gasteiger partial charge in [-0.15, -0.1) is 0 Å². The Labute approximate surface area is 139 Å². The van der Waals surface area contributed by atoms with E-state index in [-0.39, 0.29) is 5.75 Å². The van der Waals surface area contributed by atoms with Crippen LogP contribution in [0.1, 0.15) is 5.82 Å². The van der Waals surface area contributed by atoms with Crippen LogP contribution in [0.15, 0.2) is 54.6 Å². The van der Waals surface area contributed by atoms with E-state index in [2.05, 4.69) is 20.6 Å². The van der Waals surface area contributed by atoms with Crippen LogP contribution in [0.4, 0.5) is 23.0 Å². The van der Waals surface area contributed by atoms with Crippen molar-refractivity contribution in [1.29, 1.82) is 0 Å². The number of phenolic OH excluding ortho intramolecular Hbond substituents is 1. The van der Waals surface area contributed by atoms with Gasteiger partial charge < -0.3 is 15.7 Å². The molecule has 3 aromatic rings. The van der Waals surface area contributed by atoms with Crippen molar-refractivity contribution in [2.45, 2.75) is 6.92 Å². The first-order valence-corrected chi connectivity index (χ1v) is 7.41. The average molecular weight is 327 g/mol. The molecule has 0 saturated heterocycles. The number of aromatic hydroxyl groups is 1. The van der Waals surface area contributed by atoms with Gasteiger partial charge in [-0.2, -0.15) is 0 Å². The minimum atomic E-state index is 0.193. The van der Waals surface area contributed by atoms with E-state index in [1.165, 1.54) is 0 Å². The fraction of sp³-hybridized carbons (Fsp3) is 0.0588. The summed E-state index contributed by atoms with van der Waals surface area (Å²) in [6, 6.07) is 16.0. The molecule has 3 rings (SSSR count). The van der Waals surface area contributed by atoms with E-state index >= 15 is 0 Å². The van der Waals surface area contributed by atoms with Crippen molar-refractivity contribution in [2.24, 2.45) is 0 Å². The Balaban J connectivity index is 1.84. The summed E-state index contributed by atoms with van der Waals surface area (Å²) in [7, 11) is 0. The van der Waals surface area contributed by atoms with Gasteiger partial charge in [-0.25, -0.2) is 9.97 Å². The summed E-state index contributed by atoms with van der Waals surface area (Å²) in [5.41, 5.74) is 1.59. The number of hydrogen-bond acceptors (Lipinski definition) is 5. The number of rotatable bonds is 4. The van der Waals surface area contributed by atoms with Crippen molar-refractivity contribution < 1.29 is 5.11 Å². The molecule has 0 aliphatic carbocycles. The number of nitrogens with one attached hydrogen (secondary N) is 2. The Morgan fingerprint density at radius 3 is 2.09 bits per heavy atom. The summed E-state index contributed by atoms with van der Waals surface area (Å²) in [5.74, 6) is 2.10. The lowest BCUT2D eigenvalue weighted by Gasteiger charge is -2.10. The number of phenols is 1. The lowest BCUT2D eigenvalue weighted by atomic mass is 10.3. The molecule has 2 aromatic carbocycles. The van der Waals surface area contributed by atoms with E-state index in [1.807, 2.05) is 37.3 Å². The van der Waals surface area contributed by atoms with Crippen LogP contribution in [0.5, 0.6) is 5.75 Å². The van der Waals surface area contributed by atoms with Gasteiger partial charge in [-0.05, 0) is 37.3 Å². The van der Waals surface area contributed by atoms with Crippen molar-refractivity contribution in [3.05, 3.63) is 65.4 Å². The number of halogens is 1. The molecule has 1 heterocycles. The SMILES string of the molecule is Cc1nc(Nc2cccc(O)c2)cc(Nc2cccc(Cl)c2)n1. The molecule has 0 bridgehead atoms. The van der Waals surface area contributed by atoms with E-state index in [4.69, 9.17) is 11.6 Å². The first-order valence-electron chi connectivity index (χ1n) is 7.03. The summed E-state index contributed by atoms with van der Waals surface area (Å²) < 4.78 is 0. The zero-order valence-electron chi connectivity index (χ0n) is 12.4. The second-order valence-corrected chi connectivity index (χ2v) is 5.43. The molecule has 0 aliphatic heterocycles. The van der Waals surface area contributed by atoms with Crippen LogP contribution in [-0.4, -0.2) is 15.1 Å². The number of hydrogen-bond donors (Lipinski definition) is 3. The lowest BCUT2D eigenvalue weighted by Crippen LogP contribution is -2.01. The van der Waals surface area contributed by atoms with Gasteiger partial charge >= 0.3 is 0 Å². The third-order valence-electron chi connectivity index (χ3n) is 3.05. The van der Waals surface area contributed by atoms with Crippen LogP contribution in [0.2, 0.25) is 5.02 Å². The smallest absolute Gasteiger partial charge is 0.136 e. The minimum Gasteiger partial charge on any atom is -0.508 e. The zero-order valence-corrected chi connectivity index (χ0v) is 13.2. The van der Waals surface area contributed by atoms with Crippen LogP contribution in [0.25, 0.3) is 0 Å². The summed E-state index contributed by atoms with van der Waals surface area (Å²) >= 11 is 5.99. The van der Waals surface area contributed by atoms with Crippen molar-refractivity contribution in [2.75, 3.05) is 10.6 Å². The predicted octanol–water partition coefficient (Wildman–Crippen LogP) is 4.63. The molecule has 6 heteroatoms.